The molecule has 0 aliphatic heterocycles. The summed E-state index contributed by atoms with van der Waals surface area (Å²) in [5.41, 5.74) is 0. The first-order valence-corrected chi connectivity index (χ1v) is 3.78. The average molecular weight is 169 g/mol. The highest BCUT2D eigenvalue weighted by Gasteiger charge is 2.23. The van der Waals surface area contributed by atoms with Crippen LogP contribution >= 0.6 is 0 Å². The molecule has 0 aromatic carbocycles. The van der Waals surface area contributed by atoms with Gasteiger partial charge in [-0.05, 0) is 13.3 Å². The maximum atomic E-state index is 11.6. The monoisotopic (exact) mass is 169 g/mol. The molecule has 0 fully saturated rings. The molecule has 0 aromatic heterocycles. The van der Waals surface area contributed by atoms with Gasteiger partial charge in [-0.2, -0.15) is 0 Å². The first-order chi connectivity index (χ1) is 4.95. The largest absolute Gasteiger partial charge is 0.503 e. The highest BCUT2D eigenvalue weighted by molar-refractivity contribution is 6.58. The van der Waals surface area contributed by atoms with E-state index in [4.69, 9.17) is 0 Å². The summed E-state index contributed by atoms with van der Waals surface area (Å²) < 4.78 is 39.3. The van der Waals surface area contributed by atoms with Gasteiger partial charge >= 0.3 is 6.98 Å². The Kier molecular flexibility index (Phi) is 4.57. The highest BCUT2D eigenvalue weighted by atomic mass is 19.4. The van der Waals surface area contributed by atoms with Crippen molar-refractivity contribution in [2.24, 2.45) is 0 Å². The van der Waals surface area contributed by atoms with Crippen molar-refractivity contribution in [1.29, 1.82) is 0 Å². The fourth-order valence-electron chi connectivity index (χ4n) is 0.763. The Bertz CT molecular complexity index is 104. The van der Waals surface area contributed by atoms with E-state index in [1.807, 2.05) is 6.92 Å². The van der Waals surface area contributed by atoms with Crippen LogP contribution in [0.5, 0.6) is 0 Å². The molecule has 5 heteroatoms. The molecule has 0 bridgehead atoms. The van der Waals surface area contributed by atoms with Gasteiger partial charge in [-0.3, -0.25) is 0 Å². The summed E-state index contributed by atoms with van der Waals surface area (Å²) in [5, 5.41) is 0. The number of hydrogen-bond acceptors (Lipinski definition) is 1. The van der Waals surface area contributed by atoms with Crippen LogP contribution in [0.3, 0.4) is 0 Å². The molecule has 68 valence electrons. The van der Waals surface area contributed by atoms with Crippen LogP contribution in [-0.2, 0) is 4.74 Å². The molecular weight excluding hydrogens is 156 g/mol. The van der Waals surface area contributed by atoms with E-state index >= 15 is 0 Å². The minimum absolute atomic E-state index is 0.275. The zero-order valence-electron chi connectivity index (χ0n) is 6.82. The second kappa shape index (κ2) is 4.64. The van der Waals surface area contributed by atoms with E-state index in [1.54, 1.807) is 6.92 Å². The molecule has 1 nitrogen and oxygen atoms in total. The third-order valence-corrected chi connectivity index (χ3v) is 1.26. The van der Waals surface area contributed by atoms with E-state index in [0.29, 0.717) is 6.42 Å². The number of ether oxygens (including phenoxy) is 1. The van der Waals surface area contributed by atoms with Crippen LogP contribution in [0.15, 0.2) is 0 Å². The number of halogens is 3. The van der Waals surface area contributed by atoms with Crippen LogP contribution in [-0.4, -0.2) is 19.6 Å². The molecule has 0 N–H and O–H groups in total. The molecule has 0 saturated carbocycles. The quantitative estimate of drug-likeness (QED) is 0.574. The Morgan fingerprint density at radius 3 is 2.27 bits per heavy atom. The summed E-state index contributed by atoms with van der Waals surface area (Å²) in [4.78, 5) is 0. The lowest BCUT2D eigenvalue weighted by atomic mass is 9.94. The van der Waals surface area contributed by atoms with Gasteiger partial charge in [-0.1, -0.05) is 13.3 Å². The summed E-state index contributed by atoms with van der Waals surface area (Å²) in [6, 6.07) is 0. The third kappa shape index (κ3) is 7.71. The van der Waals surface area contributed by atoms with Gasteiger partial charge in [0.05, 0.1) is 6.10 Å². The van der Waals surface area contributed by atoms with Gasteiger partial charge in [0, 0.05) is 6.51 Å². The van der Waals surface area contributed by atoms with E-state index in [-0.39, 0.29) is 6.10 Å². The average Bonchev–Trinajstić information content (AvgIpc) is 1.83. The van der Waals surface area contributed by atoms with Gasteiger partial charge in [0.25, 0.3) is 0 Å². The summed E-state index contributed by atoms with van der Waals surface area (Å²) in [7, 11) is 0. The lowest BCUT2D eigenvalue weighted by Gasteiger charge is -2.18. The van der Waals surface area contributed by atoms with E-state index in [2.05, 4.69) is 4.74 Å². The number of hydrogen-bond donors (Lipinski definition) is 0. The fourth-order valence-corrected chi connectivity index (χ4v) is 0.763. The van der Waals surface area contributed by atoms with Crippen LogP contribution in [0.1, 0.15) is 26.7 Å². The molecule has 0 radical (unpaired) electrons. The number of rotatable bonds is 5. The van der Waals surface area contributed by atoms with Crippen LogP contribution in [0.2, 0.25) is 0 Å². The lowest BCUT2D eigenvalue weighted by Crippen LogP contribution is -2.27. The molecule has 0 aromatic rings. The first-order valence-electron chi connectivity index (χ1n) is 3.78. The van der Waals surface area contributed by atoms with Crippen molar-refractivity contribution < 1.29 is 17.7 Å². The third-order valence-electron chi connectivity index (χ3n) is 1.26. The molecule has 11 heavy (non-hydrogen) atoms. The molecule has 0 aliphatic rings. The molecule has 0 rings (SSSR count). The zero-order valence-corrected chi connectivity index (χ0v) is 6.82. The molecule has 0 saturated heterocycles. The minimum Gasteiger partial charge on any atom is -0.447 e. The fraction of sp³-hybridized carbons (Fsp3) is 1.00. The Morgan fingerprint density at radius 1 is 1.36 bits per heavy atom. The first kappa shape index (κ1) is 10.8. The smallest absolute Gasteiger partial charge is 0.447 e. The van der Waals surface area contributed by atoms with Crippen LogP contribution in [0.25, 0.3) is 0 Å². The molecule has 0 heterocycles. The SMILES string of the molecule is CCCC(C)OC[B-](F)(F)F. The van der Waals surface area contributed by atoms with Crippen molar-refractivity contribution in [2.45, 2.75) is 32.8 Å². The Hall–Kier alpha value is -0.185. The van der Waals surface area contributed by atoms with Crippen molar-refractivity contribution in [3.05, 3.63) is 0 Å². The predicted octanol–water partition coefficient (Wildman–Crippen LogP) is 2.58. The molecule has 0 spiro atoms. The molecule has 0 amide bonds. The maximum absolute atomic E-state index is 11.6. The topological polar surface area (TPSA) is 9.23 Å². The highest BCUT2D eigenvalue weighted by Crippen LogP contribution is 2.11. The van der Waals surface area contributed by atoms with E-state index in [1.165, 1.54) is 0 Å². The Labute approximate surface area is 65.0 Å². The van der Waals surface area contributed by atoms with Crippen molar-refractivity contribution in [1.82, 2.24) is 0 Å². The summed E-state index contributed by atoms with van der Waals surface area (Å²) in [6.45, 7) is -2.26. The Balaban J connectivity index is 3.38. The standard InChI is InChI=1S/C6H13BF3O/c1-3-4-6(2)11-5-7(8,9)10/h6H,3-5H2,1-2H3/q-1. The van der Waals surface area contributed by atoms with Crippen LogP contribution in [0, 0.1) is 0 Å². The van der Waals surface area contributed by atoms with Gasteiger partial charge in [0.1, 0.15) is 0 Å². The maximum Gasteiger partial charge on any atom is 0.503 e. The van der Waals surface area contributed by atoms with Gasteiger partial charge < -0.3 is 17.7 Å². The van der Waals surface area contributed by atoms with Gasteiger partial charge in [0.15, 0.2) is 0 Å². The van der Waals surface area contributed by atoms with Crippen LogP contribution in [0.4, 0.5) is 12.9 Å². The van der Waals surface area contributed by atoms with Crippen molar-refractivity contribution >= 4 is 6.98 Å². The second-order valence-electron chi connectivity index (χ2n) is 2.64. The van der Waals surface area contributed by atoms with Crippen molar-refractivity contribution in [3.63, 3.8) is 0 Å². The van der Waals surface area contributed by atoms with Crippen LogP contribution < -0.4 is 0 Å². The predicted molar refractivity (Wildman–Crippen MR) is 39.4 cm³/mol. The summed E-state index contributed by atoms with van der Waals surface area (Å²) in [6.07, 6.45) is 1.27. The van der Waals surface area contributed by atoms with Crippen molar-refractivity contribution in [2.75, 3.05) is 6.51 Å². The van der Waals surface area contributed by atoms with Gasteiger partial charge in [-0.25, -0.2) is 0 Å². The normalized spacial score (nSPS) is 15.0. The van der Waals surface area contributed by atoms with E-state index in [9.17, 15) is 12.9 Å². The molecular formula is C6H13BF3O-. The van der Waals surface area contributed by atoms with E-state index in [0.717, 1.165) is 6.42 Å². The Morgan fingerprint density at radius 2 is 1.91 bits per heavy atom. The minimum atomic E-state index is -4.77. The van der Waals surface area contributed by atoms with Gasteiger partial charge in [-0.15, -0.1) is 0 Å². The second-order valence-corrected chi connectivity index (χ2v) is 2.64. The zero-order chi connectivity index (χ0) is 8.91. The van der Waals surface area contributed by atoms with Gasteiger partial charge in [0.2, 0.25) is 0 Å². The summed E-state index contributed by atoms with van der Waals surface area (Å²) >= 11 is 0. The molecule has 1 unspecified atom stereocenters. The van der Waals surface area contributed by atoms with E-state index < -0.39 is 13.5 Å². The van der Waals surface area contributed by atoms with Crippen molar-refractivity contribution in [3.8, 4) is 0 Å². The summed E-state index contributed by atoms with van der Waals surface area (Å²) in [5.74, 6) is 0. The molecule has 1 atom stereocenters. The lowest BCUT2D eigenvalue weighted by molar-refractivity contribution is 0.0753. The molecule has 0 aliphatic carbocycles.